The largest absolute Gasteiger partial charge is 0.496 e. The number of methoxy groups -OCH3 is 1. The highest BCUT2D eigenvalue weighted by molar-refractivity contribution is 5.95. The molecule has 0 unspecified atom stereocenters. The monoisotopic (exact) mass is 412 g/mol. The lowest BCUT2D eigenvalue weighted by Crippen LogP contribution is -2.48. The van der Waals surface area contributed by atoms with E-state index < -0.39 is 4.92 Å². The van der Waals surface area contributed by atoms with E-state index in [1.807, 2.05) is 29.2 Å². The Bertz CT molecular complexity index is 937. The van der Waals surface area contributed by atoms with Crippen molar-refractivity contribution in [1.82, 2.24) is 4.90 Å². The number of nitrogens with zero attached hydrogens (tertiary/aromatic N) is 3. The predicted octanol–water partition coefficient (Wildman–Crippen LogP) is 2.57. The lowest BCUT2D eigenvalue weighted by molar-refractivity contribution is -0.384. The summed E-state index contributed by atoms with van der Waals surface area (Å²) in [5.41, 5.74) is 1.66. The van der Waals surface area contributed by atoms with Crippen molar-refractivity contribution in [3.63, 3.8) is 0 Å². The van der Waals surface area contributed by atoms with E-state index in [-0.39, 0.29) is 29.6 Å². The third kappa shape index (κ3) is 5.12. The smallest absolute Gasteiger partial charge is 0.296 e. The van der Waals surface area contributed by atoms with Crippen molar-refractivity contribution in [3.8, 4) is 5.75 Å². The van der Waals surface area contributed by atoms with E-state index in [2.05, 4.69) is 10.2 Å². The van der Waals surface area contributed by atoms with Crippen LogP contribution in [0.5, 0.6) is 5.75 Å². The van der Waals surface area contributed by atoms with Crippen LogP contribution < -0.4 is 15.0 Å². The van der Waals surface area contributed by atoms with Gasteiger partial charge in [-0.2, -0.15) is 0 Å². The quantitative estimate of drug-likeness (QED) is 0.423. The number of amides is 1. The zero-order valence-electron chi connectivity index (χ0n) is 17.0. The van der Waals surface area contributed by atoms with Gasteiger partial charge in [0.25, 0.3) is 5.69 Å². The molecule has 1 N–H and O–H groups in total. The first kappa shape index (κ1) is 21.3. The third-order valence-electron chi connectivity index (χ3n) is 5.05. The highest BCUT2D eigenvalue weighted by Gasteiger charge is 2.22. The highest BCUT2D eigenvalue weighted by Crippen LogP contribution is 2.29. The Hall–Kier alpha value is -3.46. The number of benzene rings is 2. The van der Waals surface area contributed by atoms with Crippen LogP contribution in [0.25, 0.3) is 0 Å². The van der Waals surface area contributed by atoms with E-state index in [1.54, 1.807) is 13.0 Å². The molecule has 1 heterocycles. The predicted molar refractivity (Wildman–Crippen MR) is 113 cm³/mol. The second-order valence-electron chi connectivity index (χ2n) is 7.05. The standard InChI is InChI=1S/C21H24N4O5/c1-15(26)16-3-5-17(6-4-16)24-11-9-23(10-12-24)14-21(27)22-19-8-7-18(30-2)13-20(19)25(28)29/h3-8,13H,9-12,14H2,1-2H3,(H,22,27). The number of hydrogen-bond donors (Lipinski definition) is 1. The van der Waals surface area contributed by atoms with Gasteiger partial charge in [-0.25, -0.2) is 0 Å². The van der Waals surface area contributed by atoms with Crippen molar-refractivity contribution < 1.29 is 19.2 Å². The molecule has 2 aromatic carbocycles. The minimum atomic E-state index is -0.547. The third-order valence-corrected chi connectivity index (χ3v) is 5.05. The number of rotatable bonds is 7. The highest BCUT2D eigenvalue weighted by atomic mass is 16.6. The zero-order chi connectivity index (χ0) is 21.7. The minimum Gasteiger partial charge on any atom is -0.496 e. The maximum absolute atomic E-state index is 12.4. The van der Waals surface area contributed by atoms with Gasteiger partial charge in [-0.3, -0.25) is 24.6 Å². The van der Waals surface area contributed by atoms with Gasteiger partial charge in [-0.1, -0.05) is 0 Å². The molecule has 0 atom stereocenters. The Kier molecular flexibility index (Phi) is 6.63. The van der Waals surface area contributed by atoms with Gasteiger partial charge in [-0.15, -0.1) is 0 Å². The van der Waals surface area contributed by atoms with Gasteiger partial charge < -0.3 is 15.0 Å². The molecule has 1 amide bonds. The van der Waals surface area contributed by atoms with E-state index in [1.165, 1.54) is 19.2 Å². The second kappa shape index (κ2) is 9.36. The molecule has 9 nitrogen and oxygen atoms in total. The Labute approximate surface area is 174 Å². The van der Waals surface area contributed by atoms with E-state index in [9.17, 15) is 19.7 Å². The van der Waals surface area contributed by atoms with Gasteiger partial charge in [0.05, 0.1) is 24.6 Å². The molecule has 2 aromatic rings. The van der Waals surface area contributed by atoms with Crippen molar-refractivity contribution in [2.45, 2.75) is 6.92 Å². The Morgan fingerprint density at radius 3 is 2.33 bits per heavy atom. The number of carbonyl (C=O) groups is 2. The molecule has 0 aliphatic carbocycles. The molecule has 3 rings (SSSR count). The van der Waals surface area contributed by atoms with Gasteiger partial charge in [0, 0.05) is 37.4 Å². The summed E-state index contributed by atoms with van der Waals surface area (Å²) in [4.78, 5) is 38.7. The van der Waals surface area contributed by atoms with E-state index in [4.69, 9.17) is 4.74 Å². The van der Waals surface area contributed by atoms with Crippen LogP contribution in [0.4, 0.5) is 17.1 Å². The molecule has 1 fully saturated rings. The lowest BCUT2D eigenvalue weighted by atomic mass is 10.1. The van der Waals surface area contributed by atoms with Gasteiger partial charge >= 0.3 is 0 Å². The molecule has 0 spiro atoms. The first-order valence-electron chi connectivity index (χ1n) is 9.58. The number of ether oxygens (including phenoxy) is 1. The van der Waals surface area contributed by atoms with Crippen LogP contribution >= 0.6 is 0 Å². The van der Waals surface area contributed by atoms with Crippen molar-refractivity contribution in [3.05, 3.63) is 58.1 Å². The average Bonchev–Trinajstić information content (AvgIpc) is 2.74. The fourth-order valence-corrected chi connectivity index (χ4v) is 3.36. The van der Waals surface area contributed by atoms with Crippen molar-refractivity contribution in [2.75, 3.05) is 50.1 Å². The number of nitro groups is 1. The molecule has 158 valence electrons. The van der Waals surface area contributed by atoms with E-state index >= 15 is 0 Å². The maximum atomic E-state index is 12.4. The van der Waals surface area contributed by atoms with Crippen molar-refractivity contribution in [2.24, 2.45) is 0 Å². The average molecular weight is 412 g/mol. The summed E-state index contributed by atoms with van der Waals surface area (Å²) in [5, 5.41) is 13.9. The lowest BCUT2D eigenvalue weighted by Gasteiger charge is -2.35. The number of ketones is 1. The molecule has 0 radical (unpaired) electrons. The summed E-state index contributed by atoms with van der Waals surface area (Å²) in [6.45, 7) is 4.56. The topological polar surface area (TPSA) is 105 Å². The molecule has 0 saturated carbocycles. The molecular formula is C21H24N4O5. The molecule has 0 bridgehead atoms. The zero-order valence-corrected chi connectivity index (χ0v) is 17.0. The Balaban J connectivity index is 1.54. The Morgan fingerprint density at radius 2 is 1.77 bits per heavy atom. The number of nitrogens with one attached hydrogen (secondary N) is 1. The van der Waals surface area contributed by atoms with Crippen LogP contribution in [0.3, 0.4) is 0 Å². The second-order valence-corrected chi connectivity index (χ2v) is 7.05. The summed E-state index contributed by atoms with van der Waals surface area (Å²) >= 11 is 0. The van der Waals surface area contributed by atoms with Crippen LogP contribution in [-0.4, -0.2) is 61.3 Å². The molecule has 1 aliphatic heterocycles. The summed E-state index contributed by atoms with van der Waals surface area (Å²) in [5.74, 6) is 0.0872. The molecule has 0 aromatic heterocycles. The Morgan fingerprint density at radius 1 is 1.10 bits per heavy atom. The summed E-state index contributed by atoms with van der Waals surface area (Å²) in [6, 6.07) is 11.8. The maximum Gasteiger partial charge on any atom is 0.296 e. The minimum absolute atomic E-state index is 0.0366. The number of piperazine rings is 1. The SMILES string of the molecule is COc1ccc(NC(=O)CN2CCN(c3ccc(C(C)=O)cc3)CC2)c([N+](=O)[O-])c1. The van der Waals surface area contributed by atoms with Gasteiger partial charge in [0.1, 0.15) is 11.4 Å². The molecule has 9 heteroatoms. The molecule has 1 saturated heterocycles. The first-order valence-corrected chi connectivity index (χ1v) is 9.58. The summed E-state index contributed by atoms with van der Waals surface area (Å²) in [7, 11) is 1.43. The van der Waals surface area contributed by atoms with Crippen molar-refractivity contribution in [1.29, 1.82) is 0 Å². The van der Waals surface area contributed by atoms with Crippen molar-refractivity contribution >= 4 is 28.8 Å². The van der Waals surface area contributed by atoms with Crippen LogP contribution in [0.1, 0.15) is 17.3 Å². The van der Waals surface area contributed by atoms with Gasteiger partial charge in [0.15, 0.2) is 5.78 Å². The molecular weight excluding hydrogens is 388 g/mol. The number of Topliss-reactive ketones (excluding diaryl/α,β-unsaturated/α-hetero) is 1. The van der Waals surface area contributed by atoms with Crippen LogP contribution in [0.15, 0.2) is 42.5 Å². The molecule has 30 heavy (non-hydrogen) atoms. The number of hydrogen-bond acceptors (Lipinski definition) is 7. The summed E-state index contributed by atoms with van der Waals surface area (Å²) < 4.78 is 5.00. The first-order chi connectivity index (χ1) is 14.4. The fourth-order valence-electron chi connectivity index (χ4n) is 3.36. The van der Waals surface area contributed by atoms with Gasteiger partial charge in [0.2, 0.25) is 5.91 Å². The van der Waals surface area contributed by atoms with E-state index in [0.29, 0.717) is 24.4 Å². The van der Waals surface area contributed by atoms with Crippen LogP contribution in [0, 0.1) is 10.1 Å². The van der Waals surface area contributed by atoms with Gasteiger partial charge in [-0.05, 0) is 43.3 Å². The number of carbonyl (C=O) groups excluding carboxylic acids is 2. The fraction of sp³-hybridized carbons (Fsp3) is 0.333. The number of anilines is 2. The van der Waals surface area contributed by atoms with Crippen LogP contribution in [-0.2, 0) is 4.79 Å². The van der Waals surface area contributed by atoms with Crippen LogP contribution in [0.2, 0.25) is 0 Å². The molecule has 1 aliphatic rings. The summed E-state index contributed by atoms with van der Waals surface area (Å²) in [6.07, 6.45) is 0. The number of nitro benzene ring substituents is 1. The van der Waals surface area contributed by atoms with E-state index in [0.717, 1.165) is 18.8 Å². The normalized spacial score (nSPS) is 14.3.